The van der Waals surface area contributed by atoms with E-state index in [1.165, 1.54) is 0 Å². The van der Waals surface area contributed by atoms with Crippen LogP contribution < -0.4 is 15.5 Å². The third-order valence-corrected chi connectivity index (χ3v) is 8.06. The quantitative estimate of drug-likeness (QED) is 0.296. The number of carbonyl (C=O) groups excluding carboxylic acids is 1. The molecule has 0 saturated carbocycles. The third-order valence-electron chi connectivity index (χ3n) is 6.90. The molecule has 1 saturated heterocycles. The standard InChI is InChI=1S/C30H25N7O3S/c38-26-24(17-22(19-7-2-1-3-8-19)21-10-4-5-11-23(21)32-26)33-30-36-35-27(40-30)25-29(37-13-15-39-16-14-37)41-28(34-25)20-9-6-12-31-18-20/h1-12,17-18,24H,13-16H2,(H,32,38)(H,33,36). The molecule has 1 unspecified atom stereocenters. The fourth-order valence-corrected chi connectivity index (χ4v) is 6.00. The van der Waals surface area contributed by atoms with Crippen LogP contribution in [0.25, 0.3) is 27.7 Å². The molecule has 0 aliphatic carbocycles. The number of benzene rings is 2. The van der Waals surface area contributed by atoms with Gasteiger partial charge in [0.1, 0.15) is 16.1 Å². The fraction of sp³-hybridized carbons (Fsp3) is 0.167. The van der Waals surface area contributed by atoms with Crippen LogP contribution in [0.15, 0.2) is 89.6 Å². The Kier molecular flexibility index (Phi) is 6.71. The summed E-state index contributed by atoms with van der Waals surface area (Å²) in [5.74, 6) is 0.0367. The maximum absolute atomic E-state index is 13.3. The predicted molar refractivity (Wildman–Crippen MR) is 158 cm³/mol. The monoisotopic (exact) mass is 563 g/mol. The highest BCUT2D eigenvalue weighted by Gasteiger charge is 2.28. The Morgan fingerprint density at radius 1 is 0.951 bits per heavy atom. The lowest BCUT2D eigenvalue weighted by atomic mass is 9.96. The lowest BCUT2D eigenvalue weighted by molar-refractivity contribution is -0.116. The molecule has 0 spiro atoms. The lowest BCUT2D eigenvalue weighted by Crippen LogP contribution is -2.35. The summed E-state index contributed by atoms with van der Waals surface area (Å²) in [5, 5.41) is 16.5. The Balaban J connectivity index is 1.23. The highest BCUT2D eigenvalue weighted by atomic mass is 32.1. The molecule has 1 fully saturated rings. The van der Waals surface area contributed by atoms with Crippen LogP contribution in [0.2, 0.25) is 0 Å². The van der Waals surface area contributed by atoms with Crippen LogP contribution in [0.3, 0.4) is 0 Å². The molecular weight excluding hydrogens is 538 g/mol. The molecular formula is C30H25N7O3S. The number of para-hydroxylation sites is 1. The average Bonchev–Trinajstić information content (AvgIpc) is 3.65. The molecule has 1 amide bonds. The van der Waals surface area contributed by atoms with Gasteiger partial charge in [-0.15, -0.1) is 5.10 Å². The second-order valence-corrected chi connectivity index (χ2v) is 10.5. The van der Waals surface area contributed by atoms with E-state index < -0.39 is 6.04 Å². The van der Waals surface area contributed by atoms with Gasteiger partial charge in [0.25, 0.3) is 11.8 Å². The molecule has 11 heteroatoms. The first kappa shape index (κ1) is 25.1. The van der Waals surface area contributed by atoms with Crippen molar-refractivity contribution in [2.45, 2.75) is 6.04 Å². The number of thiazole rings is 1. The van der Waals surface area contributed by atoms with Crippen LogP contribution in [0.5, 0.6) is 0 Å². The largest absolute Gasteiger partial charge is 0.402 e. The Morgan fingerprint density at radius 3 is 2.59 bits per heavy atom. The van der Waals surface area contributed by atoms with Crippen molar-refractivity contribution in [1.82, 2.24) is 20.2 Å². The zero-order chi connectivity index (χ0) is 27.6. The molecule has 0 bridgehead atoms. The van der Waals surface area contributed by atoms with E-state index in [-0.39, 0.29) is 17.8 Å². The smallest absolute Gasteiger partial charge is 0.316 e. The minimum absolute atomic E-state index is 0.124. The zero-order valence-electron chi connectivity index (χ0n) is 21.9. The number of aromatic nitrogens is 4. The Bertz CT molecular complexity index is 1710. The van der Waals surface area contributed by atoms with Gasteiger partial charge in [-0.3, -0.25) is 9.78 Å². The van der Waals surface area contributed by atoms with Crippen molar-refractivity contribution < 1.29 is 13.9 Å². The maximum Gasteiger partial charge on any atom is 0.316 e. The van der Waals surface area contributed by atoms with E-state index in [4.69, 9.17) is 14.1 Å². The van der Waals surface area contributed by atoms with Crippen LogP contribution in [0, 0.1) is 0 Å². The second-order valence-electron chi connectivity index (χ2n) is 9.53. The van der Waals surface area contributed by atoms with E-state index in [2.05, 4.69) is 30.7 Å². The van der Waals surface area contributed by atoms with E-state index in [1.807, 2.05) is 72.8 Å². The average molecular weight is 564 g/mol. The summed E-state index contributed by atoms with van der Waals surface area (Å²) in [4.78, 5) is 24.6. The molecule has 3 aromatic heterocycles. The van der Waals surface area contributed by atoms with Crippen molar-refractivity contribution in [3.05, 3.63) is 96.3 Å². The van der Waals surface area contributed by atoms with Crippen LogP contribution >= 0.6 is 11.3 Å². The second kappa shape index (κ2) is 11.0. The number of carbonyl (C=O) groups is 1. The number of morpholine rings is 1. The number of anilines is 3. The van der Waals surface area contributed by atoms with Gasteiger partial charge in [-0.05, 0) is 35.4 Å². The van der Waals surface area contributed by atoms with Crippen LogP contribution in [-0.4, -0.2) is 58.4 Å². The molecule has 2 N–H and O–H groups in total. The first-order chi connectivity index (χ1) is 20.2. The number of nitrogens with one attached hydrogen (secondary N) is 2. The zero-order valence-corrected chi connectivity index (χ0v) is 22.7. The van der Waals surface area contributed by atoms with Gasteiger partial charge < -0.3 is 24.7 Å². The Hall–Kier alpha value is -4.87. The van der Waals surface area contributed by atoms with Gasteiger partial charge in [0.2, 0.25) is 0 Å². The topological polar surface area (TPSA) is 118 Å². The summed E-state index contributed by atoms with van der Waals surface area (Å²) in [6.07, 6.45) is 5.41. The van der Waals surface area contributed by atoms with Crippen LogP contribution in [-0.2, 0) is 9.53 Å². The first-order valence-corrected chi connectivity index (χ1v) is 14.1. The van der Waals surface area contributed by atoms with Gasteiger partial charge in [-0.25, -0.2) is 4.98 Å². The number of hydrogen-bond acceptors (Lipinski definition) is 10. The van der Waals surface area contributed by atoms with E-state index in [0.29, 0.717) is 18.9 Å². The van der Waals surface area contributed by atoms with E-state index >= 15 is 0 Å². The molecule has 5 aromatic rings. The van der Waals surface area contributed by atoms with Gasteiger partial charge >= 0.3 is 6.01 Å². The van der Waals surface area contributed by atoms with Gasteiger partial charge in [0.15, 0.2) is 5.69 Å². The van der Waals surface area contributed by atoms with Gasteiger partial charge in [0.05, 0.1) is 13.2 Å². The molecule has 10 nitrogen and oxygen atoms in total. The molecule has 1 atom stereocenters. The minimum atomic E-state index is -0.758. The predicted octanol–water partition coefficient (Wildman–Crippen LogP) is 4.96. The fourth-order valence-electron chi connectivity index (χ4n) is 4.90. The van der Waals surface area contributed by atoms with Crippen LogP contribution in [0.1, 0.15) is 11.1 Å². The highest BCUT2D eigenvalue weighted by Crippen LogP contribution is 2.40. The van der Waals surface area contributed by atoms with Crippen molar-refractivity contribution in [1.29, 1.82) is 0 Å². The van der Waals surface area contributed by atoms with Crippen molar-refractivity contribution in [3.8, 4) is 22.2 Å². The molecule has 7 rings (SSSR count). The summed E-state index contributed by atoms with van der Waals surface area (Å²) >= 11 is 1.55. The van der Waals surface area contributed by atoms with Gasteiger partial charge in [-0.2, -0.15) is 0 Å². The number of amides is 1. The molecule has 0 radical (unpaired) electrons. The normalized spacial score (nSPS) is 16.9. The number of rotatable bonds is 6. The Labute approximate surface area is 239 Å². The maximum atomic E-state index is 13.3. The van der Waals surface area contributed by atoms with Crippen molar-refractivity contribution in [2.24, 2.45) is 0 Å². The number of pyridine rings is 1. The molecule has 2 aliphatic rings. The van der Waals surface area contributed by atoms with Gasteiger partial charge in [0, 0.05) is 42.3 Å². The summed E-state index contributed by atoms with van der Waals surface area (Å²) in [5.41, 5.74) is 5.09. The van der Waals surface area contributed by atoms with Crippen molar-refractivity contribution in [3.63, 3.8) is 0 Å². The van der Waals surface area contributed by atoms with Crippen molar-refractivity contribution >= 4 is 39.5 Å². The number of nitrogens with zero attached hydrogens (tertiary/aromatic N) is 5. The van der Waals surface area contributed by atoms with Crippen LogP contribution in [0.4, 0.5) is 16.7 Å². The van der Waals surface area contributed by atoms with Crippen molar-refractivity contribution in [2.75, 3.05) is 41.8 Å². The Morgan fingerprint density at radius 2 is 1.76 bits per heavy atom. The van der Waals surface area contributed by atoms with E-state index in [9.17, 15) is 4.79 Å². The molecule has 2 aromatic carbocycles. The summed E-state index contributed by atoms with van der Waals surface area (Å²) in [7, 11) is 0. The molecule has 5 heterocycles. The number of ether oxygens (including phenoxy) is 1. The minimum Gasteiger partial charge on any atom is -0.402 e. The third kappa shape index (κ3) is 5.08. The summed E-state index contributed by atoms with van der Waals surface area (Å²) < 4.78 is 11.6. The summed E-state index contributed by atoms with van der Waals surface area (Å²) in [6.45, 7) is 2.73. The highest BCUT2D eigenvalue weighted by molar-refractivity contribution is 7.19. The molecule has 204 valence electrons. The first-order valence-electron chi connectivity index (χ1n) is 13.2. The van der Waals surface area contributed by atoms with E-state index in [1.54, 1.807) is 23.7 Å². The number of hydrogen-bond donors (Lipinski definition) is 2. The van der Waals surface area contributed by atoms with Gasteiger partial charge in [-0.1, -0.05) is 65.0 Å². The molecule has 41 heavy (non-hydrogen) atoms. The molecule has 2 aliphatic heterocycles. The lowest BCUT2D eigenvalue weighted by Gasteiger charge is -2.27. The summed E-state index contributed by atoms with van der Waals surface area (Å²) in [6, 6.07) is 20.9. The SMILES string of the molecule is O=C1Nc2ccccc2C(c2ccccc2)=CC1Nc1nnc(-c2nc(-c3cccnc3)sc2N2CCOCC2)o1. The van der Waals surface area contributed by atoms with E-state index in [0.717, 1.165) is 51.0 Å². The number of fused-ring (bicyclic) bond motifs is 1.